The summed E-state index contributed by atoms with van der Waals surface area (Å²) in [6, 6.07) is 0.254. The van der Waals surface area contributed by atoms with Crippen molar-refractivity contribution in [2.75, 3.05) is 13.2 Å². The van der Waals surface area contributed by atoms with Crippen LogP contribution in [0, 0.1) is 13.8 Å². The van der Waals surface area contributed by atoms with Crippen LogP contribution in [0.4, 0.5) is 0 Å². The van der Waals surface area contributed by atoms with Crippen molar-refractivity contribution in [1.82, 2.24) is 10.1 Å². The van der Waals surface area contributed by atoms with Crippen molar-refractivity contribution in [1.29, 1.82) is 0 Å². The van der Waals surface area contributed by atoms with Crippen LogP contribution < -0.4 is 0 Å². The van der Waals surface area contributed by atoms with E-state index >= 15 is 0 Å². The van der Waals surface area contributed by atoms with Gasteiger partial charge in [0.25, 0.3) is 0 Å². The average molecular weight is 306 g/mol. The molecule has 1 aromatic rings. The Morgan fingerprint density at radius 2 is 2.14 bits per heavy atom. The third-order valence-electron chi connectivity index (χ3n) is 5.16. The number of fused-ring (bicyclic) bond motifs is 1. The second kappa shape index (κ2) is 6.41. The second-order valence-electron chi connectivity index (χ2n) is 6.49. The SMILES string of the molecule is CC[C@H](C(=O)N1CCO[C@@H]2CCCC[C@@H]21)c1c(C)noc1C. The van der Waals surface area contributed by atoms with E-state index in [-0.39, 0.29) is 24.0 Å². The first-order valence-electron chi connectivity index (χ1n) is 8.48. The van der Waals surface area contributed by atoms with Crippen molar-refractivity contribution in [2.24, 2.45) is 0 Å². The summed E-state index contributed by atoms with van der Waals surface area (Å²) < 4.78 is 11.2. The molecule has 0 N–H and O–H groups in total. The number of hydrogen-bond acceptors (Lipinski definition) is 4. The van der Waals surface area contributed by atoms with E-state index in [0.717, 1.165) is 36.3 Å². The molecule has 1 saturated carbocycles. The zero-order valence-electron chi connectivity index (χ0n) is 13.8. The highest BCUT2D eigenvalue weighted by Crippen LogP contribution is 2.33. The number of nitrogens with zero attached hydrogens (tertiary/aromatic N) is 2. The lowest BCUT2D eigenvalue weighted by Crippen LogP contribution is -2.55. The van der Waals surface area contributed by atoms with Gasteiger partial charge in [-0.05, 0) is 33.1 Å². The number of hydrogen-bond donors (Lipinski definition) is 0. The first-order chi connectivity index (χ1) is 10.6. The molecule has 122 valence electrons. The fourth-order valence-electron chi connectivity index (χ4n) is 4.06. The van der Waals surface area contributed by atoms with E-state index < -0.39 is 0 Å². The molecule has 1 aromatic heterocycles. The van der Waals surface area contributed by atoms with E-state index in [1.807, 2.05) is 13.8 Å². The van der Waals surface area contributed by atoms with Crippen LogP contribution in [-0.2, 0) is 9.53 Å². The minimum absolute atomic E-state index is 0.146. The van der Waals surface area contributed by atoms with Crippen molar-refractivity contribution in [2.45, 2.75) is 70.9 Å². The largest absolute Gasteiger partial charge is 0.374 e. The van der Waals surface area contributed by atoms with E-state index in [2.05, 4.69) is 17.0 Å². The van der Waals surface area contributed by atoms with Crippen LogP contribution in [0.15, 0.2) is 4.52 Å². The summed E-state index contributed by atoms with van der Waals surface area (Å²) in [5, 5.41) is 4.02. The normalized spacial score (nSPS) is 26.6. The van der Waals surface area contributed by atoms with Crippen molar-refractivity contribution in [3.8, 4) is 0 Å². The predicted octanol–water partition coefficient (Wildman–Crippen LogP) is 2.96. The Morgan fingerprint density at radius 3 is 2.82 bits per heavy atom. The van der Waals surface area contributed by atoms with Crippen LogP contribution in [0.5, 0.6) is 0 Å². The van der Waals surface area contributed by atoms with Crippen LogP contribution in [-0.4, -0.2) is 41.3 Å². The quantitative estimate of drug-likeness (QED) is 0.861. The maximum absolute atomic E-state index is 13.2. The third kappa shape index (κ3) is 2.67. The molecule has 0 unspecified atom stereocenters. The van der Waals surface area contributed by atoms with Crippen LogP contribution >= 0.6 is 0 Å². The Labute approximate surface area is 132 Å². The van der Waals surface area contributed by atoms with Gasteiger partial charge in [-0.2, -0.15) is 0 Å². The van der Waals surface area contributed by atoms with Gasteiger partial charge in [-0.3, -0.25) is 4.79 Å². The summed E-state index contributed by atoms with van der Waals surface area (Å²) in [5.74, 6) is 0.843. The molecule has 3 rings (SSSR count). The van der Waals surface area contributed by atoms with E-state index in [9.17, 15) is 4.79 Å². The summed E-state index contributed by atoms with van der Waals surface area (Å²) in [6.45, 7) is 7.25. The van der Waals surface area contributed by atoms with E-state index in [1.165, 1.54) is 12.8 Å². The van der Waals surface area contributed by atoms with Gasteiger partial charge in [0.05, 0.1) is 30.4 Å². The summed E-state index contributed by atoms with van der Waals surface area (Å²) in [5.41, 5.74) is 1.82. The molecular formula is C17H26N2O3. The Bertz CT molecular complexity index is 519. The number of carbonyl (C=O) groups excluding carboxylic acids is 1. The minimum atomic E-state index is -0.146. The van der Waals surface area contributed by atoms with Crippen molar-refractivity contribution in [3.05, 3.63) is 17.0 Å². The molecule has 1 aliphatic heterocycles. The van der Waals surface area contributed by atoms with Crippen LogP contribution in [0.2, 0.25) is 0 Å². The summed E-state index contributed by atoms with van der Waals surface area (Å²) in [4.78, 5) is 15.3. The van der Waals surface area contributed by atoms with Gasteiger partial charge in [0, 0.05) is 12.1 Å². The van der Waals surface area contributed by atoms with Gasteiger partial charge in [-0.1, -0.05) is 24.9 Å². The predicted molar refractivity (Wildman–Crippen MR) is 82.7 cm³/mol. The lowest BCUT2D eigenvalue weighted by Gasteiger charge is -2.44. The first kappa shape index (κ1) is 15.5. The Balaban J connectivity index is 1.84. The molecule has 0 aromatic carbocycles. The van der Waals surface area contributed by atoms with E-state index in [0.29, 0.717) is 13.2 Å². The topological polar surface area (TPSA) is 55.6 Å². The number of morpholine rings is 1. The molecule has 5 heteroatoms. The summed E-state index contributed by atoms with van der Waals surface area (Å²) in [7, 11) is 0. The van der Waals surface area contributed by atoms with Gasteiger partial charge in [-0.25, -0.2) is 0 Å². The zero-order chi connectivity index (χ0) is 15.7. The molecule has 2 fully saturated rings. The van der Waals surface area contributed by atoms with Crippen molar-refractivity contribution in [3.63, 3.8) is 0 Å². The first-order valence-corrected chi connectivity index (χ1v) is 8.48. The lowest BCUT2D eigenvalue weighted by atomic mass is 9.87. The number of aryl methyl sites for hydroxylation is 2. The van der Waals surface area contributed by atoms with Gasteiger partial charge in [-0.15, -0.1) is 0 Å². The molecular weight excluding hydrogens is 280 g/mol. The maximum atomic E-state index is 13.2. The van der Waals surface area contributed by atoms with Crippen LogP contribution in [0.3, 0.4) is 0 Å². The van der Waals surface area contributed by atoms with Gasteiger partial charge in [0.1, 0.15) is 5.76 Å². The molecule has 0 bridgehead atoms. The number of ether oxygens (including phenoxy) is 1. The fourth-order valence-corrected chi connectivity index (χ4v) is 4.06. The van der Waals surface area contributed by atoms with Gasteiger partial charge < -0.3 is 14.2 Å². The van der Waals surface area contributed by atoms with Crippen LogP contribution in [0.1, 0.15) is 62.0 Å². The van der Waals surface area contributed by atoms with E-state index in [1.54, 1.807) is 0 Å². The van der Waals surface area contributed by atoms with Gasteiger partial charge in [0.15, 0.2) is 0 Å². The molecule has 2 aliphatic rings. The van der Waals surface area contributed by atoms with E-state index in [4.69, 9.17) is 9.26 Å². The highest BCUT2D eigenvalue weighted by Gasteiger charge is 2.39. The summed E-state index contributed by atoms with van der Waals surface area (Å²) >= 11 is 0. The number of carbonyl (C=O) groups is 1. The molecule has 1 saturated heterocycles. The Kier molecular flexibility index (Phi) is 4.52. The van der Waals surface area contributed by atoms with Gasteiger partial charge in [0.2, 0.25) is 5.91 Å². The number of aromatic nitrogens is 1. The lowest BCUT2D eigenvalue weighted by molar-refractivity contribution is -0.151. The monoisotopic (exact) mass is 306 g/mol. The van der Waals surface area contributed by atoms with Crippen molar-refractivity contribution >= 4 is 5.91 Å². The minimum Gasteiger partial charge on any atom is -0.374 e. The summed E-state index contributed by atoms with van der Waals surface area (Å²) in [6.07, 6.45) is 5.55. The second-order valence-corrected chi connectivity index (χ2v) is 6.49. The third-order valence-corrected chi connectivity index (χ3v) is 5.16. The Morgan fingerprint density at radius 1 is 1.36 bits per heavy atom. The molecule has 0 radical (unpaired) electrons. The maximum Gasteiger partial charge on any atom is 0.230 e. The molecule has 3 atom stereocenters. The molecule has 22 heavy (non-hydrogen) atoms. The highest BCUT2D eigenvalue weighted by molar-refractivity contribution is 5.84. The smallest absolute Gasteiger partial charge is 0.230 e. The molecule has 1 amide bonds. The van der Waals surface area contributed by atoms with Gasteiger partial charge >= 0.3 is 0 Å². The molecule has 0 spiro atoms. The molecule has 1 aliphatic carbocycles. The highest BCUT2D eigenvalue weighted by atomic mass is 16.5. The standard InChI is InChI=1S/C17H26N2O3/c1-4-13(16-11(2)18-22-12(16)3)17(20)19-9-10-21-15-8-6-5-7-14(15)19/h13-15H,4-10H2,1-3H3/t13-,14-,15+/m0/s1. The Hall–Kier alpha value is -1.36. The average Bonchev–Trinajstić information content (AvgIpc) is 2.87. The number of amides is 1. The molecule has 5 nitrogen and oxygen atoms in total. The fraction of sp³-hybridized carbons (Fsp3) is 0.765. The van der Waals surface area contributed by atoms with Crippen molar-refractivity contribution < 1.29 is 14.1 Å². The number of rotatable bonds is 3. The zero-order valence-corrected chi connectivity index (χ0v) is 13.8. The van der Waals surface area contributed by atoms with Crippen LogP contribution in [0.25, 0.3) is 0 Å². The molecule has 2 heterocycles.